The molecular weight excluding hydrogens is 384 g/mol. The largest absolute Gasteiger partial charge is 0.464 e. The second-order valence-electron chi connectivity index (χ2n) is 4.79. The molecule has 0 fully saturated rings. The van der Waals surface area contributed by atoms with Gasteiger partial charge in [0.25, 0.3) is 0 Å². The van der Waals surface area contributed by atoms with Crippen molar-refractivity contribution in [1.82, 2.24) is 0 Å². The molecule has 0 saturated heterocycles. The molecular formula is C16H28O12. The zero-order chi connectivity index (χ0) is 22.3. The van der Waals surface area contributed by atoms with Crippen molar-refractivity contribution in [3.05, 3.63) is 0 Å². The van der Waals surface area contributed by atoms with Crippen LogP contribution in [0.5, 0.6) is 0 Å². The monoisotopic (exact) mass is 412 g/mol. The summed E-state index contributed by atoms with van der Waals surface area (Å²) in [4.78, 5) is 43.4. The molecule has 4 N–H and O–H groups in total. The van der Waals surface area contributed by atoms with Crippen molar-refractivity contribution in [1.29, 1.82) is 0 Å². The Morgan fingerprint density at radius 1 is 0.500 bits per heavy atom. The highest BCUT2D eigenvalue weighted by molar-refractivity contribution is 5.85. The minimum Gasteiger partial charge on any atom is -0.464 e. The Morgan fingerprint density at radius 2 is 0.643 bits per heavy atom. The molecule has 0 aliphatic heterocycles. The van der Waals surface area contributed by atoms with Crippen LogP contribution in [0.25, 0.3) is 0 Å². The van der Waals surface area contributed by atoms with E-state index < -0.39 is 48.3 Å². The quantitative estimate of drug-likeness (QED) is 0.222. The average molecular weight is 412 g/mol. The van der Waals surface area contributed by atoms with Crippen LogP contribution in [0.3, 0.4) is 0 Å². The average Bonchev–Trinajstić information content (AvgIpc) is 2.66. The molecule has 12 heteroatoms. The fraction of sp³-hybridized carbons (Fsp3) is 0.750. The number of rotatable bonds is 10. The van der Waals surface area contributed by atoms with Crippen molar-refractivity contribution in [2.24, 2.45) is 0 Å². The lowest BCUT2D eigenvalue weighted by Crippen LogP contribution is -2.41. The maximum absolute atomic E-state index is 10.9. The van der Waals surface area contributed by atoms with Crippen molar-refractivity contribution < 1.29 is 58.6 Å². The number of carbonyl (C=O) groups excluding carboxylic acids is 4. The zero-order valence-electron chi connectivity index (χ0n) is 16.2. The third-order valence-corrected chi connectivity index (χ3v) is 2.71. The molecule has 0 aromatic carbocycles. The Hall–Kier alpha value is -2.28. The van der Waals surface area contributed by atoms with Gasteiger partial charge in [-0.15, -0.1) is 0 Å². The summed E-state index contributed by atoms with van der Waals surface area (Å²) in [6.07, 6.45) is -7.58. The van der Waals surface area contributed by atoms with Gasteiger partial charge in [-0.1, -0.05) is 0 Å². The van der Waals surface area contributed by atoms with Crippen LogP contribution in [-0.2, 0) is 38.1 Å². The molecule has 0 bridgehead atoms. The topological polar surface area (TPSA) is 186 Å². The van der Waals surface area contributed by atoms with Crippen LogP contribution in [0.2, 0.25) is 0 Å². The molecule has 0 aliphatic rings. The predicted octanol–water partition coefficient (Wildman–Crippen LogP) is -2.33. The fourth-order valence-corrected chi connectivity index (χ4v) is 1.43. The minimum absolute atomic E-state index is 0.0610. The molecule has 0 radical (unpaired) electrons. The number of ether oxygens (including phenoxy) is 4. The highest BCUT2D eigenvalue weighted by Crippen LogP contribution is 2.00. The highest BCUT2D eigenvalue weighted by Gasteiger charge is 2.33. The molecule has 0 rings (SSSR count). The van der Waals surface area contributed by atoms with E-state index in [1.807, 2.05) is 0 Å². The van der Waals surface area contributed by atoms with E-state index in [1.54, 1.807) is 27.7 Å². The van der Waals surface area contributed by atoms with Crippen LogP contribution in [0.4, 0.5) is 0 Å². The summed E-state index contributed by atoms with van der Waals surface area (Å²) in [5.74, 6) is -4.19. The lowest BCUT2D eigenvalue weighted by Gasteiger charge is -2.14. The van der Waals surface area contributed by atoms with Crippen LogP contribution in [0.1, 0.15) is 27.7 Å². The number of hydrogen-bond donors (Lipinski definition) is 4. The van der Waals surface area contributed by atoms with Crippen LogP contribution in [0.15, 0.2) is 0 Å². The van der Waals surface area contributed by atoms with E-state index in [-0.39, 0.29) is 26.4 Å². The zero-order valence-corrected chi connectivity index (χ0v) is 16.2. The van der Waals surface area contributed by atoms with Crippen molar-refractivity contribution in [3.63, 3.8) is 0 Å². The van der Waals surface area contributed by atoms with Gasteiger partial charge in [0.1, 0.15) is 0 Å². The smallest absolute Gasteiger partial charge is 0.338 e. The maximum atomic E-state index is 10.9. The first-order chi connectivity index (χ1) is 13.1. The highest BCUT2D eigenvalue weighted by atomic mass is 16.6. The van der Waals surface area contributed by atoms with Gasteiger partial charge < -0.3 is 39.4 Å². The first-order valence-electron chi connectivity index (χ1n) is 8.47. The SMILES string of the molecule is CCOC(=O)C(O)C(O)C(=O)OCC.CCOC(=O)C(O)C(O)C(=O)OCC. The standard InChI is InChI=1S/2C8H14O6/c2*1-3-13-7(11)5(9)6(10)8(12)14-4-2/h2*5-6,9-10H,3-4H2,1-2H3. The van der Waals surface area contributed by atoms with E-state index in [2.05, 4.69) is 18.9 Å². The maximum Gasteiger partial charge on any atom is 0.338 e. The summed E-state index contributed by atoms with van der Waals surface area (Å²) in [6.45, 7) is 6.42. The van der Waals surface area contributed by atoms with Crippen molar-refractivity contribution in [3.8, 4) is 0 Å². The van der Waals surface area contributed by atoms with Gasteiger partial charge in [-0.25, -0.2) is 19.2 Å². The summed E-state index contributed by atoms with van der Waals surface area (Å²) < 4.78 is 17.6. The van der Waals surface area contributed by atoms with Gasteiger partial charge in [-0.2, -0.15) is 0 Å². The lowest BCUT2D eigenvalue weighted by molar-refractivity contribution is -0.172. The molecule has 12 nitrogen and oxygen atoms in total. The lowest BCUT2D eigenvalue weighted by atomic mass is 10.2. The number of esters is 4. The summed E-state index contributed by atoms with van der Waals surface area (Å²) in [5, 5.41) is 36.4. The third kappa shape index (κ3) is 10.8. The van der Waals surface area contributed by atoms with Gasteiger partial charge in [0.15, 0.2) is 24.4 Å². The van der Waals surface area contributed by atoms with E-state index in [0.29, 0.717) is 0 Å². The van der Waals surface area contributed by atoms with Crippen LogP contribution < -0.4 is 0 Å². The van der Waals surface area contributed by atoms with E-state index in [4.69, 9.17) is 20.4 Å². The Bertz CT molecular complexity index is 404. The van der Waals surface area contributed by atoms with E-state index >= 15 is 0 Å². The molecule has 0 aliphatic carbocycles. The predicted molar refractivity (Wildman–Crippen MR) is 90.6 cm³/mol. The fourth-order valence-electron chi connectivity index (χ4n) is 1.43. The normalized spacial score (nSPS) is 14.3. The van der Waals surface area contributed by atoms with Gasteiger partial charge in [-0.3, -0.25) is 0 Å². The molecule has 4 unspecified atom stereocenters. The first kappa shape index (κ1) is 27.9. The molecule has 0 aromatic heterocycles. The molecule has 164 valence electrons. The van der Waals surface area contributed by atoms with Gasteiger partial charge in [0.2, 0.25) is 0 Å². The molecule has 4 atom stereocenters. The van der Waals surface area contributed by atoms with Crippen LogP contribution in [-0.4, -0.2) is 95.1 Å². The second-order valence-corrected chi connectivity index (χ2v) is 4.79. The first-order valence-corrected chi connectivity index (χ1v) is 8.47. The number of hydrogen-bond acceptors (Lipinski definition) is 12. The van der Waals surface area contributed by atoms with Crippen molar-refractivity contribution >= 4 is 23.9 Å². The minimum atomic E-state index is -1.89. The molecule has 0 aromatic rings. The van der Waals surface area contributed by atoms with E-state index in [9.17, 15) is 19.2 Å². The summed E-state index contributed by atoms with van der Waals surface area (Å²) in [6, 6.07) is 0. The number of aliphatic hydroxyl groups is 4. The van der Waals surface area contributed by atoms with Gasteiger partial charge in [0.05, 0.1) is 26.4 Å². The van der Waals surface area contributed by atoms with Gasteiger partial charge >= 0.3 is 23.9 Å². The van der Waals surface area contributed by atoms with E-state index in [0.717, 1.165) is 0 Å². The summed E-state index contributed by atoms with van der Waals surface area (Å²) in [7, 11) is 0. The van der Waals surface area contributed by atoms with Crippen LogP contribution >= 0.6 is 0 Å². The molecule has 0 spiro atoms. The van der Waals surface area contributed by atoms with Gasteiger partial charge in [-0.05, 0) is 27.7 Å². The third-order valence-electron chi connectivity index (χ3n) is 2.71. The molecule has 0 heterocycles. The van der Waals surface area contributed by atoms with Gasteiger partial charge in [0, 0.05) is 0 Å². The van der Waals surface area contributed by atoms with Crippen LogP contribution in [0, 0.1) is 0 Å². The van der Waals surface area contributed by atoms with Crippen molar-refractivity contribution in [2.75, 3.05) is 26.4 Å². The Balaban J connectivity index is 0. The Labute approximate surface area is 161 Å². The number of carbonyl (C=O) groups is 4. The number of aliphatic hydroxyl groups excluding tert-OH is 4. The molecule has 28 heavy (non-hydrogen) atoms. The van der Waals surface area contributed by atoms with E-state index in [1.165, 1.54) is 0 Å². The Kier molecular flexibility index (Phi) is 15.7. The second kappa shape index (κ2) is 15.7. The summed E-state index contributed by atoms with van der Waals surface area (Å²) >= 11 is 0. The summed E-state index contributed by atoms with van der Waals surface area (Å²) in [5.41, 5.74) is 0. The molecule has 0 amide bonds. The molecule has 0 saturated carbocycles. The van der Waals surface area contributed by atoms with Crippen molar-refractivity contribution in [2.45, 2.75) is 52.1 Å². The Morgan fingerprint density at radius 3 is 0.750 bits per heavy atom.